The second-order valence-electron chi connectivity index (χ2n) is 5.69. The maximum Gasteiger partial charge on any atom is 0.226 e. The van der Waals surface area contributed by atoms with E-state index in [1.165, 1.54) is 12.1 Å². The van der Waals surface area contributed by atoms with Gasteiger partial charge in [-0.3, -0.25) is 10.2 Å². The Morgan fingerprint density at radius 3 is 2.75 bits per heavy atom. The zero-order valence-corrected chi connectivity index (χ0v) is 13.4. The zero-order valence-electron chi connectivity index (χ0n) is 13.4. The molecule has 3 rings (SSSR count). The summed E-state index contributed by atoms with van der Waals surface area (Å²) in [5, 5.41) is 2.95. The lowest BCUT2D eigenvalue weighted by Gasteiger charge is -2.19. The van der Waals surface area contributed by atoms with Crippen molar-refractivity contribution in [2.45, 2.75) is 12.6 Å². The third-order valence-corrected chi connectivity index (χ3v) is 4.19. The largest absolute Gasteiger partial charge is 0.496 e. The Hall–Kier alpha value is -2.44. The van der Waals surface area contributed by atoms with Crippen LogP contribution in [0.15, 0.2) is 48.5 Å². The second kappa shape index (κ2) is 7.42. The van der Waals surface area contributed by atoms with Crippen LogP contribution in [0.25, 0.3) is 0 Å². The van der Waals surface area contributed by atoms with Gasteiger partial charge in [-0.1, -0.05) is 30.3 Å². The van der Waals surface area contributed by atoms with Gasteiger partial charge >= 0.3 is 0 Å². The molecule has 2 unspecified atom stereocenters. The molecule has 1 aliphatic rings. The summed E-state index contributed by atoms with van der Waals surface area (Å²) in [6.45, 7) is 0.912. The van der Waals surface area contributed by atoms with E-state index in [1.807, 2.05) is 24.3 Å². The molecule has 1 aliphatic heterocycles. The molecule has 0 spiro atoms. The lowest BCUT2D eigenvalue weighted by molar-refractivity contribution is -0.125. The van der Waals surface area contributed by atoms with Gasteiger partial charge in [0.1, 0.15) is 11.6 Å². The standard InChI is InChI=1S/C18H20FN3O2/c1-24-16-5-3-2-4-13(16)10-20-18(23)15-11-21-22-17(15)12-6-8-14(19)9-7-12/h2-9,15,17,21-22H,10-11H2,1H3,(H,20,23). The average Bonchev–Trinajstić information content (AvgIpc) is 3.10. The number of halogens is 1. The van der Waals surface area contributed by atoms with Crippen molar-refractivity contribution in [3.05, 3.63) is 65.5 Å². The Bertz CT molecular complexity index is 706. The molecular formula is C18H20FN3O2. The fourth-order valence-corrected chi connectivity index (χ4v) is 2.89. The smallest absolute Gasteiger partial charge is 0.226 e. The SMILES string of the molecule is COc1ccccc1CNC(=O)C1CNNC1c1ccc(F)cc1. The van der Waals surface area contributed by atoms with Crippen molar-refractivity contribution in [1.29, 1.82) is 0 Å². The number of nitrogens with one attached hydrogen (secondary N) is 3. The van der Waals surface area contributed by atoms with Crippen LogP contribution in [0.5, 0.6) is 5.75 Å². The molecule has 1 heterocycles. The van der Waals surface area contributed by atoms with Crippen molar-refractivity contribution in [2.75, 3.05) is 13.7 Å². The van der Waals surface area contributed by atoms with Gasteiger partial charge in [-0.25, -0.2) is 9.82 Å². The summed E-state index contributed by atoms with van der Waals surface area (Å²) in [6, 6.07) is 13.6. The fraction of sp³-hybridized carbons (Fsp3) is 0.278. The topological polar surface area (TPSA) is 62.4 Å². The van der Waals surface area contributed by atoms with Crippen molar-refractivity contribution in [3.8, 4) is 5.75 Å². The van der Waals surface area contributed by atoms with Gasteiger partial charge in [0.15, 0.2) is 0 Å². The summed E-state index contributed by atoms with van der Waals surface area (Å²) in [4.78, 5) is 12.6. The maximum atomic E-state index is 13.1. The van der Waals surface area contributed by atoms with Crippen LogP contribution in [0, 0.1) is 11.7 Å². The highest BCUT2D eigenvalue weighted by Gasteiger charge is 2.33. The molecule has 5 nitrogen and oxygen atoms in total. The highest BCUT2D eigenvalue weighted by molar-refractivity contribution is 5.80. The van der Waals surface area contributed by atoms with Gasteiger partial charge in [-0.15, -0.1) is 0 Å². The minimum atomic E-state index is -0.290. The summed E-state index contributed by atoms with van der Waals surface area (Å²) in [5.74, 6) is 0.121. The van der Waals surface area contributed by atoms with E-state index in [4.69, 9.17) is 4.74 Å². The first-order valence-electron chi connectivity index (χ1n) is 7.82. The monoisotopic (exact) mass is 329 g/mol. The molecule has 0 radical (unpaired) electrons. The normalized spacial score (nSPS) is 19.9. The van der Waals surface area contributed by atoms with Crippen LogP contribution in [0.3, 0.4) is 0 Å². The van der Waals surface area contributed by atoms with Crippen LogP contribution < -0.4 is 20.9 Å². The van der Waals surface area contributed by atoms with E-state index in [2.05, 4.69) is 16.2 Å². The number of amides is 1. The third kappa shape index (κ3) is 3.55. The van der Waals surface area contributed by atoms with Gasteiger partial charge in [0.25, 0.3) is 0 Å². The first-order valence-corrected chi connectivity index (χ1v) is 7.82. The number of hydrogen-bond acceptors (Lipinski definition) is 4. The summed E-state index contributed by atoms with van der Waals surface area (Å²) >= 11 is 0. The molecule has 0 saturated carbocycles. The Morgan fingerprint density at radius 1 is 1.25 bits per heavy atom. The van der Waals surface area contributed by atoms with E-state index in [-0.39, 0.29) is 23.7 Å². The van der Waals surface area contributed by atoms with Gasteiger partial charge in [0.05, 0.1) is 19.1 Å². The minimum Gasteiger partial charge on any atom is -0.496 e. The van der Waals surface area contributed by atoms with Crippen LogP contribution in [-0.4, -0.2) is 19.6 Å². The van der Waals surface area contributed by atoms with E-state index in [9.17, 15) is 9.18 Å². The van der Waals surface area contributed by atoms with Crippen molar-refractivity contribution in [1.82, 2.24) is 16.2 Å². The van der Waals surface area contributed by atoms with Gasteiger partial charge in [0.2, 0.25) is 5.91 Å². The third-order valence-electron chi connectivity index (χ3n) is 4.19. The Balaban J connectivity index is 1.66. The number of ether oxygens (including phenoxy) is 1. The molecule has 126 valence electrons. The van der Waals surface area contributed by atoms with E-state index in [0.29, 0.717) is 13.1 Å². The van der Waals surface area contributed by atoms with Crippen LogP contribution in [0.2, 0.25) is 0 Å². The van der Waals surface area contributed by atoms with E-state index in [1.54, 1.807) is 19.2 Å². The van der Waals surface area contributed by atoms with E-state index < -0.39 is 0 Å². The number of hydrazine groups is 1. The predicted octanol–water partition coefficient (Wildman–Crippen LogP) is 1.92. The summed E-state index contributed by atoms with van der Waals surface area (Å²) < 4.78 is 18.4. The summed E-state index contributed by atoms with van der Waals surface area (Å²) in [5.41, 5.74) is 7.89. The number of para-hydroxylation sites is 1. The molecule has 2 aromatic rings. The van der Waals surface area contributed by atoms with Gasteiger partial charge in [-0.2, -0.15) is 0 Å². The molecule has 6 heteroatoms. The molecule has 1 fully saturated rings. The summed E-state index contributed by atoms with van der Waals surface area (Å²) in [7, 11) is 1.61. The molecule has 0 bridgehead atoms. The Labute approximate surface area is 140 Å². The van der Waals surface area contributed by atoms with Crippen LogP contribution in [0.4, 0.5) is 4.39 Å². The molecule has 3 N–H and O–H groups in total. The first-order chi connectivity index (χ1) is 11.7. The molecule has 0 aromatic heterocycles. The molecule has 2 atom stereocenters. The number of carbonyl (C=O) groups is 1. The van der Waals surface area contributed by atoms with Crippen molar-refractivity contribution in [2.24, 2.45) is 5.92 Å². The average molecular weight is 329 g/mol. The second-order valence-corrected chi connectivity index (χ2v) is 5.69. The molecule has 24 heavy (non-hydrogen) atoms. The lowest BCUT2D eigenvalue weighted by Crippen LogP contribution is -2.34. The van der Waals surface area contributed by atoms with E-state index in [0.717, 1.165) is 16.9 Å². The first kappa shape index (κ1) is 16.4. The van der Waals surface area contributed by atoms with Gasteiger partial charge < -0.3 is 10.1 Å². The van der Waals surface area contributed by atoms with Crippen molar-refractivity contribution in [3.63, 3.8) is 0 Å². The minimum absolute atomic E-state index is 0.0623. The number of benzene rings is 2. The quantitative estimate of drug-likeness (QED) is 0.784. The highest BCUT2D eigenvalue weighted by atomic mass is 19.1. The predicted molar refractivity (Wildman–Crippen MR) is 88.6 cm³/mol. The highest BCUT2D eigenvalue weighted by Crippen LogP contribution is 2.25. The number of rotatable bonds is 5. The van der Waals surface area contributed by atoms with Crippen molar-refractivity contribution >= 4 is 5.91 Å². The lowest BCUT2D eigenvalue weighted by atomic mass is 9.94. The molecular weight excluding hydrogens is 309 g/mol. The molecule has 1 saturated heterocycles. The Kier molecular flexibility index (Phi) is 5.08. The van der Waals surface area contributed by atoms with Gasteiger partial charge in [0, 0.05) is 18.7 Å². The number of methoxy groups -OCH3 is 1. The van der Waals surface area contributed by atoms with Crippen LogP contribution >= 0.6 is 0 Å². The van der Waals surface area contributed by atoms with Gasteiger partial charge in [-0.05, 0) is 23.8 Å². The van der Waals surface area contributed by atoms with Crippen LogP contribution in [0.1, 0.15) is 17.2 Å². The number of carbonyl (C=O) groups excluding carboxylic acids is 1. The Morgan fingerprint density at radius 2 is 2.00 bits per heavy atom. The fourth-order valence-electron chi connectivity index (χ4n) is 2.89. The maximum absolute atomic E-state index is 13.1. The zero-order chi connectivity index (χ0) is 16.9. The van der Waals surface area contributed by atoms with E-state index >= 15 is 0 Å². The molecule has 2 aromatic carbocycles. The molecule has 0 aliphatic carbocycles. The van der Waals surface area contributed by atoms with Crippen molar-refractivity contribution < 1.29 is 13.9 Å². The van der Waals surface area contributed by atoms with Crippen LogP contribution in [-0.2, 0) is 11.3 Å². The molecule has 1 amide bonds. The summed E-state index contributed by atoms with van der Waals surface area (Å²) in [6.07, 6.45) is 0. The number of hydrogen-bond donors (Lipinski definition) is 3.